The molecule has 2 fully saturated rings. The summed E-state index contributed by atoms with van der Waals surface area (Å²) in [6.07, 6.45) is 4.58. The number of amides is 1. The standard InChI is InChI=1S/C21H23ClN2O3S/c22-17-8-10-19(11-9-17)28(26,27)24(18-4-2-1-3-5-18)14-21(25)23-20-13-15-6-7-16(20)12-15/h1-5,8-11,15-16,20H,6-7,12-14H2,(H,23,25)/t15-,16-,20-/m1/s1. The minimum absolute atomic E-state index is 0.105. The maximum absolute atomic E-state index is 13.2. The molecule has 2 saturated carbocycles. The molecule has 3 atom stereocenters. The van der Waals surface area contributed by atoms with Crippen molar-refractivity contribution in [2.45, 2.75) is 36.6 Å². The van der Waals surface area contributed by atoms with E-state index in [4.69, 9.17) is 11.6 Å². The van der Waals surface area contributed by atoms with Gasteiger partial charge in [-0.3, -0.25) is 9.10 Å². The predicted molar refractivity (Wildman–Crippen MR) is 110 cm³/mol. The molecule has 1 amide bonds. The molecule has 148 valence electrons. The number of fused-ring (bicyclic) bond motifs is 2. The first-order chi connectivity index (χ1) is 13.4. The van der Waals surface area contributed by atoms with Gasteiger partial charge in [-0.2, -0.15) is 0 Å². The lowest BCUT2D eigenvalue weighted by atomic mass is 9.95. The minimum Gasteiger partial charge on any atom is -0.352 e. The number of nitrogens with zero attached hydrogens (tertiary/aromatic N) is 1. The number of carbonyl (C=O) groups excluding carboxylic acids is 1. The molecule has 2 aromatic carbocycles. The van der Waals surface area contributed by atoms with Crippen LogP contribution in [0.1, 0.15) is 25.7 Å². The Labute approximate surface area is 170 Å². The van der Waals surface area contributed by atoms with Gasteiger partial charge in [-0.15, -0.1) is 0 Å². The van der Waals surface area contributed by atoms with Crippen molar-refractivity contribution in [3.8, 4) is 0 Å². The number of carbonyl (C=O) groups is 1. The molecule has 0 aliphatic heterocycles. The lowest BCUT2D eigenvalue weighted by Crippen LogP contribution is -2.45. The van der Waals surface area contributed by atoms with Crippen LogP contribution in [0.5, 0.6) is 0 Å². The van der Waals surface area contributed by atoms with Crippen LogP contribution in [0.25, 0.3) is 0 Å². The number of hydrogen-bond donors (Lipinski definition) is 1. The molecule has 2 bridgehead atoms. The van der Waals surface area contributed by atoms with Crippen LogP contribution in [0.2, 0.25) is 5.02 Å². The lowest BCUT2D eigenvalue weighted by molar-refractivity contribution is -0.120. The van der Waals surface area contributed by atoms with Gasteiger partial charge in [0.05, 0.1) is 10.6 Å². The number of para-hydroxylation sites is 1. The second-order valence-corrected chi connectivity index (χ2v) is 9.95. The highest BCUT2D eigenvalue weighted by molar-refractivity contribution is 7.92. The van der Waals surface area contributed by atoms with E-state index >= 15 is 0 Å². The van der Waals surface area contributed by atoms with E-state index in [1.165, 1.54) is 41.4 Å². The molecule has 0 saturated heterocycles. The highest BCUT2D eigenvalue weighted by Gasteiger charge is 2.40. The van der Waals surface area contributed by atoms with Gasteiger partial charge in [0.15, 0.2) is 0 Å². The normalized spacial score (nSPS) is 23.5. The van der Waals surface area contributed by atoms with E-state index < -0.39 is 10.0 Å². The zero-order valence-electron chi connectivity index (χ0n) is 15.4. The van der Waals surface area contributed by atoms with Gasteiger partial charge < -0.3 is 5.32 Å². The monoisotopic (exact) mass is 418 g/mol. The first-order valence-corrected chi connectivity index (χ1v) is 11.4. The SMILES string of the molecule is O=C(CN(c1ccccc1)S(=O)(=O)c1ccc(Cl)cc1)N[C@@H]1C[C@@H]2CC[C@@H]1C2. The smallest absolute Gasteiger partial charge is 0.264 e. The van der Waals surface area contributed by atoms with Gasteiger partial charge in [0.1, 0.15) is 6.54 Å². The van der Waals surface area contributed by atoms with E-state index in [-0.39, 0.29) is 23.4 Å². The Morgan fingerprint density at radius 1 is 1.04 bits per heavy atom. The molecule has 0 spiro atoms. The van der Waals surface area contributed by atoms with Crippen molar-refractivity contribution in [3.63, 3.8) is 0 Å². The van der Waals surface area contributed by atoms with Crippen molar-refractivity contribution < 1.29 is 13.2 Å². The summed E-state index contributed by atoms with van der Waals surface area (Å²) in [5.41, 5.74) is 0.459. The average molecular weight is 419 g/mol. The van der Waals surface area contributed by atoms with E-state index in [9.17, 15) is 13.2 Å². The third-order valence-corrected chi connectivity index (χ3v) is 7.86. The number of sulfonamides is 1. The molecule has 7 heteroatoms. The number of benzene rings is 2. The van der Waals surface area contributed by atoms with Crippen LogP contribution in [-0.4, -0.2) is 26.9 Å². The van der Waals surface area contributed by atoms with Crippen molar-refractivity contribution in [3.05, 3.63) is 59.6 Å². The number of hydrogen-bond acceptors (Lipinski definition) is 3. The minimum atomic E-state index is -3.90. The van der Waals surface area contributed by atoms with Crippen LogP contribution in [0.4, 0.5) is 5.69 Å². The Hall–Kier alpha value is -2.05. The average Bonchev–Trinajstić information content (AvgIpc) is 3.30. The van der Waals surface area contributed by atoms with Gasteiger partial charge in [0.25, 0.3) is 10.0 Å². The predicted octanol–water partition coefficient (Wildman–Crippen LogP) is 3.84. The third kappa shape index (κ3) is 3.89. The fourth-order valence-electron chi connectivity index (χ4n) is 4.45. The Kier molecular flexibility index (Phi) is 5.34. The van der Waals surface area contributed by atoms with Crippen molar-refractivity contribution in [2.24, 2.45) is 11.8 Å². The van der Waals surface area contributed by atoms with Gasteiger partial charge in [-0.1, -0.05) is 36.2 Å². The maximum atomic E-state index is 13.2. The number of rotatable bonds is 6. The van der Waals surface area contributed by atoms with E-state index in [1.54, 1.807) is 24.3 Å². The summed E-state index contributed by atoms with van der Waals surface area (Å²) in [5.74, 6) is 0.976. The van der Waals surface area contributed by atoms with Crippen LogP contribution in [0.15, 0.2) is 59.5 Å². The number of nitrogens with one attached hydrogen (secondary N) is 1. The fraction of sp³-hybridized carbons (Fsp3) is 0.381. The van der Waals surface area contributed by atoms with E-state index in [0.717, 1.165) is 12.8 Å². The van der Waals surface area contributed by atoms with Gasteiger partial charge >= 0.3 is 0 Å². The van der Waals surface area contributed by atoms with Crippen molar-refractivity contribution >= 4 is 33.2 Å². The first kappa shape index (κ1) is 19.3. The van der Waals surface area contributed by atoms with Crippen molar-refractivity contribution in [2.75, 3.05) is 10.8 Å². The Morgan fingerprint density at radius 2 is 1.75 bits per heavy atom. The molecule has 4 rings (SSSR count). The number of halogens is 1. The molecule has 0 radical (unpaired) electrons. The van der Waals surface area contributed by atoms with Crippen LogP contribution in [-0.2, 0) is 14.8 Å². The van der Waals surface area contributed by atoms with Crippen molar-refractivity contribution in [1.29, 1.82) is 0 Å². The molecule has 2 aliphatic rings. The molecule has 2 aliphatic carbocycles. The largest absolute Gasteiger partial charge is 0.352 e. The van der Waals surface area contributed by atoms with Gasteiger partial charge in [-0.05, 0) is 67.5 Å². The summed E-state index contributed by atoms with van der Waals surface area (Å²) in [6.45, 7) is -0.247. The van der Waals surface area contributed by atoms with Gasteiger partial charge in [0.2, 0.25) is 5.91 Å². The summed E-state index contributed by atoms with van der Waals surface area (Å²) >= 11 is 5.90. The molecule has 0 unspecified atom stereocenters. The van der Waals surface area contributed by atoms with Gasteiger partial charge in [-0.25, -0.2) is 8.42 Å². The summed E-state index contributed by atoms with van der Waals surface area (Å²) in [6, 6.07) is 14.9. The topological polar surface area (TPSA) is 66.5 Å². The molecular weight excluding hydrogens is 396 g/mol. The first-order valence-electron chi connectivity index (χ1n) is 9.56. The molecular formula is C21H23ClN2O3S. The van der Waals surface area contributed by atoms with Crippen LogP contribution in [0.3, 0.4) is 0 Å². The lowest BCUT2D eigenvalue weighted by Gasteiger charge is -2.27. The zero-order valence-corrected chi connectivity index (χ0v) is 17.0. The van der Waals surface area contributed by atoms with Gasteiger partial charge in [0, 0.05) is 11.1 Å². The third-order valence-electron chi connectivity index (χ3n) is 5.82. The van der Waals surface area contributed by atoms with E-state index in [1.807, 2.05) is 6.07 Å². The molecule has 0 aromatic heterocycles. The molecule has 1 N–H and O–H groups in total. The maximum Gasteiger partial charge on any atom is 0.264 e. The molecule has 28 heavy (non-hydrogen) atoms. The quantitative estimate of drug-likeness (QED) is 0.775. The molecule has 0 heterocycles. The highest BCUT2D eigenvalue weighted by Crippen LogP contribution is 2.44. The summed E-state index contributed by atoms with van der Waals surface area (Å²) < 4.78 is 27.7. The Balaban J connectivity index is 1.57. The fourth-order valence-corrected chi connectivity index (χ4v) is 5.99. The second-order valence-electron chi connectivity index (χ2n) is 7.65. The van der Waals surface area contributed by atoms with Crippen LogP contribution < -0.4 is 9.62 Å². The summed E-state index contributed by atoms with van der Waals surface area (Å²) in [4.78, 5) is 12.9. The highest BCUT2D eigenvalue weighted by atomic mass is 35.5. The summed E-state index contributed by atoms with van der Waals surface area (Å²) in [5, 5.41) is 3.53. The Bertz CT molecular complexity index is 947. The Morgan fingerprint density at radius 3 is 2.36 bits per heavy atom. The second kappa shape index (κ2) is 7.76. The molecule has 2 aromatic rings. The number of anilines is 1. The van der Waals surface area contributed by atoms with Crippen LogP contribution >= 0.6 is 11.6 Å². The molecule has 5 nitrogen and oxygen atoms in total. The zero-order chi connectivity index (χ0) is 19.7. The van der Waals surface area contributed by atoms with Crippen LogP contribution in [0, 0.1) is 11.8 Å². The summed E-state index contributed by atoms with van der Waals surface area (Å²) in [7, 11) is -3.90. The van der Waals surface area contributed by atoms with E-state index in [0.29, 0.717) is 22.5 Å². The van der Waals surface area contributed by atoms with E-state index in [2.05, 4.69) is 5.32 Å². The van der Waals surface area contributed by atoms with Crippen molar-refractivity contribution in [1.82, 2.24) is 5.32 Å².